The molecule has 1 aliphatic rings. The maximum Gasteiger partial charge on any atom is 0.322 e. The third-order valence-electron chi connectivity index (χ3n) is 4.38. The van der Waals surface area contributed by atoms with Gasteiger partial charge in [0.25, 0.3) is 0 Å². The average molecular weight is 330 g/mol. The molecule has 0 unspecified atom stereocenters. The largest absolute Gasteiger partial charge is 0.322 e. The van der Waals surface area contributed by atoms with E-state index < -0.39 is 11.6 Å². The van der Waals surface area contributed by atoms with E-state index in [1.54, 1.807) is 4.90 Å². The van der Waals surface area contributed by atoms with Gasteiger partial charge in [0.1, 0.15) is 11.6 Å². The van der Waals surface area contributed by atoms with Crippen molar-refractivity contribution in [3.8, 4) is 0 Å². The Bertz CT molecular complexity index is 748. The number of nitrogens with one attached hydrogen (secondary N) is 1. The lowest BCUT2D eigenvalue weighted by molar-refractivity contribution is 0.187. The number of halogens is 2. The van der Waals surface area contributed by atoms with E-state index in [-0.39, 0.29) is 17.8 Å². The van der Waals surface area contributed by atoms with E-state index in [0.29, 0.717) is 6.54 Å². The minimum absolute atomic E-state index is 0.00575. The molecule has 1 aliphatic carbocycles. The second-order valence-electron chi connectivity index (χ2n) is 6.00. The van der Waals surface area contributed by atoms with Crippen LogP contribution in [-0.4, -0.2) is 17.5 Å². The number of aryl methyl sites for hydroxylation is 1. The number of fused-ring (bicyclic) bond motifs is 1. The maximum atomic E-state index is 13.8. The number of carbonyl (C=O) groups excluding carboxylic acids is 1. The Morgan fingerprint density at radius 3 is 2.79 bits per heavy atom. The summed E-state index contributed by atoms with van der Waals surface area (Å²) in [5, 5.41) is 2.58. The molecule has 1 atom stereocenters. The van der Waals surface area contributed by atoms with Gasteiger partial charge in [0, 0.05) is 12.6 Å². The van der Waals surface area contributed by atoms with E-state index in [0.717, 1.165) is 37.0 Å². The second kappa shape index (κ2) is 6.99. The summed E-state index contributed by atoms with van der Waals surface area (Å²) in [6, 6.07) is 10.9. The first-order chi connectivity index (χ1) is 11.6. The van der Waals surface area contributed by atoms with Gasteiger partial charge in [0.05, 0.1) is 11.7 Å². The number of nitrogens with zero attached hydrogens (tertiary/aromatic N) is 1. The molecule has 3 nitrogen and oxygen atoms in total. The van der Waals surface area contributed by atoms with Gasteiger partial charge in [-0.25, -0.2) is 13.6 Å². The van der Waals surface area contributed by atoms with Crippen LogP contribution in [-0.2, 0) is 6.42 Å². The Kier molecular flexibility index (Phi) is 4.79. The minimum atomic E-state index is -0.772. The van der Waals surface area contributed by atoms with Crippen LogP contribution in [0.2, 0.25) is 0 Å². The lowest BCUT2D eigenvalue weighted by Crippen LogP contribution is -2.38. The molecule has 0 heterocycles. The van der Waals surface area contributed by atoms with E-state index >= 15 is 0 Å². The zero-order valence-electron chi connectivity index (χ0n) is 13.6. The van der Waals surface area contributed by atoms with Crippen molar-refractivity contribution in [2.45, 2.75) is 32.2 Å². The molecule has 2 amide bonds. The van der Waals surface area contributed by atoms with Gasteiger partial charge >= 0.3 is 6.03 Å². The standard InChI is InChI=1S/C19H20F2N2O/c1-2-11-23(18-10-7-13-5-3-4-6-15(13)18)19(24)22-17-9-8-14(20)12-16(17)21/h3-6,8-9,12,18H,2,7,10-11H2,1H3,(H,22,24)/t18-/m1/s1. The maximum absolute atomic E-state index is 13.8. The van der Waals surface area contributed by atoms with Gasteiger partial charge in [-0.05, 0) is 42.5 Å². The zero-order chi connectivity index (χ0) is 17.1. The molecule has 0 aliphatic heterocycles. The van der Waals surface area contributed by atoms with Crippen molar-refractivity contribution >= 4 is 11.7 Å². The zero-order valence-corrected chi connectivity index (χ0v) is 13.6. The molecule has 1 N–H and O–H groups in total. The molecule has 3 rings (SSSR count). The number of benzene rings is 2. The predicted octanol–water partition coefficient (Wildman–Crippen LogP) is 4.90. The highest BCUT2D eigenvalue weighted by Gasteiger charge is 2.30. The van der Waals surface area contributed by atoms with E-state index in [4.69, 9.17) is 0 Å². The molecule has 24 heavy (non-hydrogen) atoms. The lowest BCUT2D eigenvalue weighted by atomic mass is 10.1. The van der Waals surface area contributed by atoms with Crippen LogP contribution in [0.1, 0.15) is 36.9 Å². The van der Waals surface area contributed by atoms with Crippen LogP contribution in [0.25, 0.3) is 0 Å². The van der Waals surface area contributed by atoms with Crippen molar-refractivity contribution in [3.05, 3.63) is 65.2 Å². The fraction of sp³-hybridized carbons (Fsp3) is 0.316. The first-order valence-corrected chi connectivity index (χ1v) is 8.20. The van der Waals surface area contributed by atoms with Gasteiger partial charge in [-0.3, -0.25) is 0 Å². The van der Waals surface area contributed by atoms with Crippen LogP contribution in [0.3, 0.4) is 0 Å². The topological polar surface area (TPSA) is 32.3 Å². The van der Waals surface area contributed by atoms with Crippen molar-refractivity contribution < 1.29 is 13.6 Å². The van der Waals surface area contributed by atoms with E-state index in [9.17, 15) is 13.6 Å². The fourth-order valence-electron chi connectivity index (χ4n) is 3.28. The summed E-state index contributed by atoms with van der Waals surface area (Å²) >= 11 is 0. The molecule has 0 saturated heterocycles. The van der Waals surface area contributed by atoms with Crippen molar-refractivity contribution in [2.75, 3.05) is 11.9 Å². The Labute approximate surface area is 140 Å². The smallest absolute Gasteiger partial charge is 0.317 e. The normalized spacial score (nSPS) is 15.9. The van der Waals surface area contributed by atoms with Gasteiger partial charge in [0.2, 0.25) is 0 Å². The molecule has 5 heteroatoms. The monoisotopic (exact) mass is 330 g/mol. The molecule has 2 aromatic rings. The molecular formula is C19H20F2N2O. The second-order valence-corrected chi connectivity index (χ2v) is 6.00. The van der Waals surface area contributed by atoms with Crippen molar-refractivity contribution in [3.63, 3.8) is 0 Å². The molecule has 0 radical (unpaired) electrons. The number of amides is 2. The summed E-state index contributed by atoms with van der Waals surface area (Å²) < 4.78 is 26.8. The van der Waals surface area contributed by atoms with Gasteiger partial charge in [-0.15, -0.1) is 0 Å². The van der Waals surface area contributed by atoms with Gasteiger partial charge in [-0.2, -0.15) is 0 Å². The summed E-state index contributed by atoms with van der Waals surface area (Å²) in [5.41, 5.74) is 2.40. The van der Waals surface area contributed by atoms with E-state index in [1.165, 1.54) is 11.6 Å². The molecular weight excluding hydrogens is 310 g/mol. The Morgan fingerprint density at radius 2 is 2.04 bits per heavy atom. The summed E-state index contributed by atoms with van der Waals surface area (Å²) in [6.07, 6.45) is 2.59. The number of rotatable bonds is 4. The molecule has 0 bridgehead atoms. The third kappa shape index (κ3) is 3.25. The number of urea groups is 1. The predicted molar refractivity (Wildman–Crippen MR) is 89.9 cm³/mol. The van der Waals surface area contributed by atoms with Crippen molar-refractivity contribution in [1.29, 1.82) is 0 Å². The highest BCUT2D eigenvalue weighted by Crippen LogP contribution is 2.36. The third-order valence-corrected chi connectivity index (χ3v) is 4.38. The Hall–Kier alpha value is -2.43. The van der Waals surface area contributed by atoms with Crippen LogP contribution >= 0.6 is 0 Å². The summed E-state index contributed by atoms with van der Waals surface area (Å²) in [4.78, 5) is 14.4. The van der Waals surface area contributed by atoms with E-state index in [2.05, 4.69) is 11.4 Å². The first kappa shape index (κ1) is 16.4. The van der Waals surface area contributed by atoms with Crippen LogP contribution in [0.15, 0.2) is 42.5 Å². The van der Waals surface area contributed by atoms with Crippen LogP contribution in [0.5, 0.6) is 0 Å². The molecule has 0 saturated carbocycles. The fourth-order valence-corrected chi connectivity index (χ4v) is 3.28. The highest BCUT2D eigenvalue weighted by molar-refractivity contribution is 5.89. The van der Waals surface area contributed by atoms with Gasteiger partial charge < -0.3 is 10.2 Å². The average Bonchev–Trinajstić information content (AvgIpc) is 2.99. The number of hydrogen-bond donors (Lipinski definition) is 1. The molecule has 2 aromatic carbocycles. The van der Waals surface area contributed by atoms with Crippen LogP contribution in [0, 0.1) is 11.6 Å². The molecule has 0 aromatic heterocycles. The number of carbonyl (C=O) groups is 1. The van der Waals surface area contributed by atoms with Gasteiger partial charge in [-0.1, -0.05) is 31.2 Å². The Morgan fingerprint density at radius 1 is 1.25 bits per heavy atom. The Balaban J connectivity index is 1.82. The van der Waals surface area contributed by atoms with Gasteiger partial charge in [0.15, 0.2) is 0 Å². The SMILES string of the molecule is CCCN(C(=O)Nc1ccc(F)cc1F)[C@@H]1CCc2ccccc21. The van der Waals surface area contributed by atoms with Crippen LogP contribution in [0.4, 0.5) is 19.3 Å². The highest BCUT2D eigenvalue weighted by atomic mass is 19.1. The summed E-state index contributed by atoms with van der Waals surface area (Å²) in [6.45, 7) is 2.58. The molecule has 126 valence electrons. The quantitative estimate of drug-likeness (QED) is 0.850. The molecule has 0 spiro atoms. The minimum Gasteiger partial charge on any atom is -0.317 e. The summed E-state index contributed by atoms with van der Waals surface area (Å²) in [7, 11) is 0. The van der Waals surface area contributed by atoms with E-state index in [1.807, 2.05) is 25.1 Å². The number of hydrogen-bond acceptors (Lipinski definition) is 1. The number of anilines is 1. The molecule has 0 fully saturated rings. The lowest BCUT2D eigenvalue weighted by Gasteiger charge is -2.29. The first-order valence-electron chi connectivity index (χ1n) is 8.20. The van der Waals surface area contributed by atoms with Crippen molar-refractivity contribution in [2.24, 2.45) is 0 Å². The summed E-state index contributed by atoms with van der Waals surface area (Å²) in [5.74, 6) is -1.44. The van der Waals surface area contributed by atoms with Crippen molar-refractivity contribution in [1.82, 2.24) is 4.90 Å². The van der Waals surface area contributed by atoms with Crippen LogP contribution < -0.4 is 5.32 Å².